The highest BCUT2D eigenvalue weighted by Crippen LogP contribution is 2.26. The maximum Gasteiger partial charge on any atom is 0.243 e. The van der Waals surface area contributed by atoms with Crippen molar-refractivity contribution in [2.45, 2.75) is 32.2 Å². The molecule has 0 saturated heterocycles. The Morgan fingerprint density at radius 2 is 1.86 bits per heavy atom. The molecule has 2 rings (SSSR count). The molecule has 0 heterocycles. The van der Waals surface area contributed by atoms with Crippen molar-refractivity contribution in [3.05, 3.63) is 60.2 Å². The van der Waals surface area contributed by atoms with Crippen LogP contribution in [0.1, 0.15) is 25.3 Å². The number of rotatable bonds is 10. The van der Waals surface area contributed by atoms with Gasteiger partial charge in [0.05, 0.1) is 19.1 Å². The largest absolute Gasteiger partial charge is 0.497 e. The zero-order chi connectivity index (χ0) is 20.6. The van der Waals surface area contributed by atoms with Gasteiger partial charge in [0.15, 0.2) is 0 Å². The Kier molecular flexibility index (Phi) is 7.87. The lowest BCUT2D eigenvalue weighted by Gasteiger charge is -2.30. The summed E-state index contributed by atoms with van der Waals surface area (Å²) in [7, 11) is -2.14. The summed E-state index contributed by atoms with van der Waals surface area (Å²) in [5, 5.41) is 2.88. The number of nitrogens with zero attached hydrogens (tertiary/aromatic N) is 1. The molecule has 0 aliphatic carbocycles. The van der Waals surface area contributed by atoms with Crippen molar-refractivity contribution in [3.63, 3.8) is 0 Å². The minimum atomic E-state index is -3.66. The third-order valence-corrected chi connectivity index (χ3v) is 5.60. The van der Waals surface area contributed by atoms with Crippen LogP contribution in [0, 0.1) is 0 Å². The molecule has 0 spiro atoms. The second-order valence-corrected chi connectivity index (χ2v) is 8.42. The van der Waals surface area contributed by atoms with Gasteiger partial charge in [-0.1, -0.05) is 43.3 Å². The van der Waals surface area contributed by atoms with Crippen molar-refractivity contribution in [1.82, 2.24) is 5.32 Å². The first-order valence-corrected chi connectivity index (χ1v) is 11.2. The average Bonchev–Trinajstić information content (AvgIpc) is 2.69. The number of aryl methyl sites for hydroxylation is 1. The fourth-order valence-corrected chi connectivity index (χ4v) is 4.28. The molecule has 0 aromatic heterocycles. The number of hydrogen-bond donors (Lipinski definition) is 1. The van der Waals surface area contributed by atoms with E-state index in [9.17, 15) is 13.2 Å². The zero-order valence-corrected chi connectivity index (χ0v) is 17.4. The lowest BCUT2D eigenvalue weighted by Crippen LogP contribution is -2.49. The van der Waals surface area contributed by atoms with Crippen LogP contribution in [0.25, 0.3) is 0 Å². The van der Waals surface area contributed by atoms with Crippen molar-refractivity contribution in [3.8, 4) is 5.75 Å². The van der Waals surface area contributed by atoms with Crippen LogP contribution in [-0.4, -0.2) is 40.3 Å². The van der Waals surface area contributed by atoms with Gasteiger partial charge >= 0.3 is 0 Å². The summed E-state index contributed by atoms with van der Waals surface area (Å²) in [6, 6.07) is 15.9. The van der Waals surface area contributed by atoms with E-state index in [1.807, 2.05) is 30.3 Å². The van der Waals surface area contributed by atoms with Crippen molar-refractivity contribution in [2.75, 3.05) is 24.2 Å². The standard InChI is InChI=1S/C21H28N2O4S/c1-4-20(21(24)22-15-9-12-17-10-6-5-7-11-17)23(28(3,25)26)18-13-8-14-19(16-18)27-2/h5-8,10-11,13-14,16,20H,4,9,12,15H2,1-3H3,(H,22,24)/t20-/m1/s1. The first-order chi connectivity index (χ1) is 13.4. The van der Waals surface area contributed by atoms with Gasteiger partial charge in [-0.25, -0.2) is 8.42 Å². The van der Waals surface area contributed by atoms with Crippen LogP contribution in [0.15, 0.2) is 54.6 Å². The molecule has 0 saturated carbocycles. The summed E-state index contributed by atoms with van der Waals surface area (Å²) in [6.45, 7) is 2.28. The predicted octanol–water partition coefficient (Wildman–Crippen LogP) is 2.99. The highest BCUT2D eigenvalue weighted by Gasteiger charge is 2.31. The molecule has 0 bridgehead atoms. The summed E-state index contributed by atoms with van der Waals surface area (Å²) < 4.78 is 31.3. The number of ether oxygens (including phenoxy) is 1. The van der Waals surface area contributed by atoms with Gasteiger partial charge in [-0.2, -0.15) is 0 Å². The van der Waals surface area contributed by atoms with E-state index in [1.165, 1.54) is 17.0 Å². The van der Waals surface area contributed by atoms with E-state index >= 15 is 0 Å². The molecule has 0 radical (unpaired) electrons. The number of hydrogen-bond acceptors (Lipinski definition) is 4. The Morgan fingerprint density at radius 3 is 2.46 bits per heavy atom. The van der Waals surface area contributed by atoms with Gasteiger partial charge < -0.3 is 10.1 Å². The van der Waals surface area contributed by atoms with Crippen molar-refractivity contribution >= 4 is 21.6 Å². The topological polar surface area (TPSA) is 75.7 Å². The first kappa shape index (κ1) is 21.8. The lowest BCUT2D eigenvalue weighted by molar-refractivity contribution is -0.122. The molecule has 152 valence electrons. The predicted molar refractivity (Wildman–Crippen MR) is 112 cm³/mol. The first-order valence-electron chi connectivity index (χ1n) is 9.32. The Morgan fingerprint density at radius 1 is 1.14 bits per heavy atom. The Hall–Kier alpha value is -2.54. The van der Waals surface area contributed by atoms with Crippen LogP contribution in [0.3, 0.4) is 0 Å². The van der Waals surface area contributed by atoms with Gasteiger partial charge in [0, 0.05) is 12.6 Å². The van der Waals surface area contributed by atoms with Gasteiger partial charge in [-0.15, -0.1) is 0 Å². The van der Waals surface area contributed by atoms with Crippen LogP contribution in [0.5, 0.6) is 5.75 Å². The van der Waals surface area contributed by atoms with Gasteiger partial charge in [-0.3, -0.25) is 9.10 Å². The van der Waals surface area contributed by atoms with E-state index in [0.717, 1.165) is 19.1 Å². The van der Waals surface area contributed by atoms with Gasteiger partial charge in [0.1, 0.15) is 11.8 Å². The summed E-state index contributed by atoms with van der Waals surface area (Å²) in [4.78, 5) is 12.8. The highest BCUT2D eigenvalue weighted by atomic mass is 32.2. The molecule has 0 fully saturated rings. The minimum absolute atomic E-state index is 0.302. The van der Waals surface area contributed by atoms with E-state index in [4.69, 9.17) is 4.74 Å². The van der Waals surface area contributed by atoms with Gasteiger partial charge in [0.2, 0.25) is 15.9 Å². The molecule has 1 amide bonds. The SMILES string of the molecule is CC[C@H](C(=O)NCCCc1ccccc1)N(c1cccc(OC)c1)S(C)(=O)=O. The summed E-state index contributed by atoms with van der Waals surface area (Å²) in [5.74, 6) is 0.230. The summed E-state index contributed by atoms with van der Waals surface area (Å²) in [6.07, 6.45) is 3.10. The molecule has 7 heteroatoms. The highest BCUT2D eigenvalue weighted by molar-refractivity contribution is 7.92. The van der Waals surface area contributed by atoms with E-state index in [1.54, 1.807) is 31.2 Å². The molecule has 6 nitrogen and oxygen atoms in total. The number of methoxy groups -OCH3 is 1. The number of carbonyl (C=O) groups is 1. The number of amides is 1. The molecule has 0 unspecified atom stereocenters. The fourth-order valence-electron chi connectivity index (χ4n) is 3.07. The number of carbonyl (C=O) groups excluding carboxylic acids is 1. The normalized spacial score (nSPS) is 12.2. The molecule has 1 N–H and O–H groups in total. The van der Waals surface area contributed by atoms with Crippen LogP contribution < -0.4 is 14.4 Å². The quantitative estimate of drug-likeness (QED) is 0.618. The monoisotopic (exact) mass is 404 g/mol. The fraction of sp³-hybridized carbons (Fsp3) is 0.381. The summed E-state index contributed by atoms with van der Waals surface area (Å²) >= 11 is 0. The van der Waals surface area contributed by atoms with Crippen molar-refractivity contribution in [1.29, 1.82) is 0 Å². The lowest BCUT2D eigenvalue weighted by atomic mass is 10.1. The van der Waals surface area contributed by atoms with E-state index in [2.05, 4.69) is 5.32 Å². The Bertz CT molecular complexity index is 869. The number of benzene rings is 2. The van der Waals surface area contributed by atoms with Gasteiger partial charge in [0.25, 0.3) is 0 Å². The maximum absolute atomic E-state index is 12.8. The molecule has 2 aromatic carbocycles. The molecular weight excluding hydrogens is 376 g/mol. The van der Waals surface area contributed by atoms with Crippen LogP contribution in [-0.2, 0) is 21.2 Å². The smallest absolute Gasteiger partial charge is 0.243 e. The molecule has 28 heavy (non-hydrogen) atoms. The maximum atomic E-state index is 12.8. The third-order valence-electron chi connectivity index (χ3n) is 4.42. The summed E-state index contributed by atoms with van der Waals surface area (Å²) in [5.41, 5.74) is 1.62. The number of sulfonamides is 1. The van der Waals surface area contributed by atoms with Crippen LogP contribution in [0.4, 0.5) is 5.69 Å². The third kappa shape index (κ3) is 5.99. The van der Waals surface area contributed by atoms with Crippen LogP contribution >= 0.6 is 0 Å². The Labute approximate surface area is 167 Å². The van der Waals surface area contributed by atoms with E-state index in [0.29, 0.717) is 24.4 Å². The molecule has 0 aliphatic heterocycles. The molecule has 2 aromatic rings. The second kappa shape index (κ2) is 10.1. The van der Waals surface area contributed by atoms with Crippen LogP contribution in [0.2, 0.25) is 0 Å². The van der Waals surface area contributed by atoms with E-state index < -0.39 is 16.1 Å². The Balaban J connectivity index is 2.08. The molecule has 1 atom stereocenters. The van der Waals surface area contributed by atoms with E-state index in [-0.39, 0.29) is 5.91 Å². The average molecular weight is 405 g/mol. The van der Waals surface area contributed by atoms with Gasteiger partial charge in [-0.05, 0) is 37.0 Å². The number of anilines is 1. The van der Waals surface area contributed by atoms with Crippen molar-refractivity contribution in [2.24, 2.45) is 0 Å². The molecule has 0 aliphatic rings. The number of nitrogens with one attached hydrogen (secondary N) is 1. The second-order valence-electron chi connectivity index (χ2n) is 6.56. The minimum Gasteiger partial charge on any atom is -0.497 e. The molecular formula is C21H28N2O4S. The van der Waals surface area contributed by atoms with Crippen molar-refractivity contribution < 1.29 is 17.9 Å². The zero-order valence-electron chi connectivity index (χ0n) is 16.6.